The molecule has 1 aliphatic rings. The zero-order valence-electron chi connectivity index (χ0n) is 9.04. The molecule has 1 aromatic heterocycles. The second kappa shape index (κ2) is 6.05. The first-order chi connectivity index (χ1) is 7.75. The molecule has 0 saturated heterocycles. The van der Waals surface area contributed by atoms with Crippen molar-refractivity contribution in [1.29, 1.82) is 0 Å². The third-order valence-electron chi connectivity index (χ3n) is 2.82. The summed E-state index contributed by atoms with van der Waals surface area (Å²) in [7, 11) is 0. The maximum absolute atomic E-state index is 11.4. The van der Waals surface area contributed by atoms with Crippen molar-refractivity contribution in [3.63, 3.8) is 0 Å². The van der Waals surface area contributed by atoms with Gasteiger partial charge in [-0.25, -0.2) is 4.98 Å². The Bertz CT molecular complexity index is 401. The van der Waals surface area contributed by atoms with E-state index in [0.29, 0.717) is 3.57 Å². The first-order valence-electron chi connectivity index (χ1n) is 5.61. The van der Waals surface area contributed by atoms with E-state index in [1.54, 1.807) is 6.20 Å². The molecule has 0 aromatic carbocycles. The van der Waals surface area contributed by atoms with Crippen LogP contribution in [0, 0.1) is 3.57 Å². The van der Waals surface area contributed by atoms with E-state index in [-0.39, 0.29) is 5.56 Å². The third-order valence-corrected chi connectivity index (χ3v) is 4.97. The largest absolute Gasteiger partial charge is 0.309 e. The Kier molecular flexibility index (Phi) is 4.69. The fourth-order valence-electron chi connectivity index (χ4n) is 1.92. The highest BCUT2D eigenvalue weighted by atomic mass is 127. The van der Waals surface area contributed by atoms with Gasteiger partial charge in [0, 0.05) is 11.4 Å². The van der Waals surface area contributed by atoms with Gasteiger partial charge in [-0.15, -0.1) is 0 Å². The van der Waals surface area contributed by atoms with E-state index in [2.05, 4.69) is 9.97 Å². The van der Waals surface area contributed by atoms with E-state index in [9.17, 15) is 4.79 Å². The quantitative estimate of drug-likeness (QED) is 0.853. The van der Waals surface area contributed by atoms with Crippen LogP contribution in [0.2, 0.25) is 0 Å². The van der Waals surface area contributed by atoms with Crippen LogP contribution in [0.25, 0.3) is 0 Å². The molecule has 5 heteroatoms. The Balaban J connectivity index is 1.88. The van der Waals surface area contributed by atoms with Gasteiger partial charge in [0.05, 0.1) is 9.32 Å². The van der Waals surface area contributed by atoms with E-state index in [1.807, 2.05) is 34.4 Å². The van der Waals surface area contributed by atoms with E-state index >= 15 is 0 Å². The lowest BCUT2D eigenvalue weighted by molar-refractivity contribution is 0.516. The number of hydrogen-bond donors (Lipinski definition) is 1. The van der Waals surface area contributed by atoms with Crippen LogP contribution in [0.1, 0.15) is 37.9 Å². The molecule has 0 bridgehead atoms. The fourth-order valence-corrected chi connectivity index (χ4v) is 3.40. The topological polar surface area (TPSA) is 45.8 Å². The molecular formula is C11H15IN2OS. The fraction of sp³-hybridized carbons (Fsp3) is 0.636. The van der Waals surface area contributed by atoms with Gasteiger partial charge in [-0.3, -0.25) is 4.79 Å². The maximum atomic E-state index is 11.4. The second-order valence-electron chi connectivity index (χ2n) is 4.08. The number of hydrogen-bond acceptors (Lipinski definition) is 3. The average Bonchev–Trinajstić information content (AvgIpc) is 2.32. The molecule has 0 amide bonds. The normalized spacial score (nSPS) is 17.6. The molecule has 2 rings (SSSR count). The number of thioether (sulfide) groups is 1. The van der Waals surface area contributed by atoms with Gasteiger partial charge in [-0.1, -0.05) is 19.3 Å². The molecule has 1 heterocycles. The monoisotopic (exact) mass is 350 g/mol. The van der Waals surface area contributed by atoms with E-state index in [1.165, 1.54) is 32.1 Å². The van der Waals surface area contributed by atoms with Crippen LogP contribution in [0.3, 0.4) is 0 Å². The minimum atomic E-state index is -0.0187. The van der Waals surface area contributed by atoms with Crippen LogP contribution in [-0.2, 0) is 5.75 Å². The van der Waals surface area contributed by atoms with Crippen molar-refractivity contribution in [2.75, 3.05) is 0 Å². The molecule has 1 fully saturated rings. The molecule has 1 aromatic rings. The number of aromatic amines is 1. The van der Waals surface area contributed by atoms with Gasteiger partial charge in [0.15, 0.2) is 0 Å². The van der Waals surface area contributed by atoms with Gasteiger partial charge in [0.2, 0.25) is 0 Å². The molecule has 0 atom stereocenters. The number of H-pyrrole nitrogens is 1. The summed E-state index contributed by atoms with van der Waals surface area (Å²) in [6.07, 6.45) is 8.38. The Morgan fingerprint density at radius 3 is 2.88 bits per heavy atom. The smallest absolute Gasteiger partial charge is 0.264 e. The number of halogens is 1. The molecule has 0 radical (unpaired) electrons. The van der Waals surface area contributed by atoms with Gasteiger partial charge in [-0.2, -0.15) is 11.8 Å². The lowest BCUT2D eigenvalue weighted by Crippen LogP contribution is -2.14. The van der Waals surface area contributed by atoms with Gasteiger partial charge in [-0.05, 0) is 35.4 Å². The zero-order valence-corrected chi connectivity index (χ0v) is 12.0. The zero-order chi connectivity index (χ0) is 11.4. The first-order valence-corrected chi connectivity index (χ1v) is 7.74. The molecule has 3 nitrogen and oxygen atoms in total. The molecule has 88 valence electrons. The van der Waals surface area contributed by atoms with E-state index in [4.69, 9.17) is 0 Å². The summed E-state index contributed by atoms with van der Waals surface area (Å²) in [5, 5.41) is 0.762. The Morgan fingerprint density at radius 1 is 1.44 bits per heavy atom. The van der Waals surface area contributed by atoms with Crippen LogP contribution < -0.4 is 5.56 Å². The standard InChI is InChI=1S/C11H15IN2OS/c12-9-6-13-10(14-11(9)15)7-16-8-4-2-1-3-5-8/h6,8H,1-5,7H2,(H,13,14,15). The average molecular weight is 350 g/mol. The van der Waals surface area contributed by atoms with Crippen molar-refractivity contribution >= 4 is 34.4 Å². The Hall–Kier alpha value is -0.0400. The van der Waals surface area contributed by atoms with Gasteiger partial charge >= 0.3 is 0 Å². The van der Waals surface area contributed by atoms with Crippen LogP contribution >= 0.6 is 34.4 Å². The number of nitrogens with one attached hydrogen (secondary N) is 1. The molecule has 0 spiro atoms. The highest BCUT2D eigenvalue weighted by molar-refractivity contribution is 14.1. The number of rotatable bonds is 3. The SMILES string of the molecule is O=c1[nH]c(CSC2CCCCC2)ncc1I. The molecule has 0 aliphatic heterocycles. The van der Waals surface area contributed by atoms with Crippen LogP contribution in [-0.4, -0.2) is 15.2 Å². The lowest BCUT2D eigenvalue weighted by atomic mass is 10.0. The predicted molar refractivity (Wildman–Crippen MR) is 75.7 cm³/mol. The molecule has 1 aliphatic carbocycles. The molecule has 16 heavy (non-hydrogen) atoms. The van der Waals surface area contributed by atoms with Crippen molar-refractivity contribution in [2.45, 2.75) is 43.1 Å². The summed E-state index contributed by atoms with van der Waals surface area (Å²) in [6, 6.07) is 0. The van der Waals surface area contributed by atoms with Crippen LogP contribution in [0.5, 0.6) is 0 Å². The predicted octanol–water partition coefficient (Wildman–Crippen LogP) is 2.94. The summed E-state index contributed by atoms with van der Waals surface area (Å²) in [6.45, 7) is 0. The minimum Gasteiger partial charge on any atom is -0.309 e. The summed E-state index contributed by atoms with van der Waals surface area (Å²) >= 11 is 3.93. The van der Waals surface area contributed by atoms with Crippen molar-refractivity contribution in [1.82, 2.24) is 9.97 Å². The molecule has 1 N–H and O–H groups in total. The highest BCUT2D eigenvalue weighted by Gasteiger charge is 2.14. The molecule has 1 saturated carbocycles. The second-order valence-corrected chi connectivity index (χ2v) is 6.53. The van der Waals surface area contributed by atoms with Crippen molar-refractivity contribution in [3.05, 3.63) is 25.9 Å². The highest BCUT2D eigenvalue weighted by Crippen LogP contribution is 2.29. The van der Waals surface area contributed by atoms with Crippen molar-refractivity contribution < 1.29 is 0 Å². The third kappa shape index (κ3) is 3.48. The van der Waals surface area contributed by atoms with Crippen LogP contribution in [0.4, 0.5) is 0 Å². The summed E-state index contributed by atoms with van der Waals surface area (Å²) < 4.78 is 0.656. The van der Waals surface area contributed by atoms with Crippen LogP contribution in [0.15, 0.2) is 11.0 Å². The summed E-state index contributed by atoms with van der Waals surface area (Å²) in [4.78, 5) is 18.4. The van der Waals surface area contributed by atoms with Gasteiger partial charge in [0.25, 0.3) is 5.56 Å². The number of nitrogens with zero attached hydrogens (tertiary/aromatic N) is 1. The Labute approximate surface area is 113 Å². The van der Waals surface area contributed by atoms with E-state index < -0.39 is 0 Å². The lowest BCUT2D eigenvalue weighted by Gasteiger charge is -2.20. The molecule has 0 unspecified atom stereocenters. The first kappa shape index (κ1) is 12.4. The summed E-state index contributed by atoms with van der Waals surface area (Å²) in [5.74, 6) is 1.64. The summed E-state index contributed by atoms with van der Waals surface area (Å²) in [5.41, 5.74) is -0.0187. The Morgan fingerprint density at radius 2 is 2.19 bits per heavy atom. The minimum absolute atomic E-state index is 0.0187. The van der Waals surface area contributed by atoms with Gasteiger partial charge in [0.1, 0.15) is 5.82 Å². The van der Waals surface area contributed by atoms with Crippen molar-refractivity contribution in [3.8, 4) is 0 Å². The maximum Gasteiger partial charge on any atom is 0.264 e. The van der Waals surface area contributed by atoms with Gasteiger partial charge < -0.3 is 4.98 Å². The van der Waals surface area contributed by atoms with E-state index in [0.717, 1.165) is 16.8 Å². The number of aromatic nitrogens is 2. The molecular weight excluding hydrogens is 335 g/mol. The van der Waals surface area contributed by atoms with Crippen molar-refractivity contribution in [2.24, 2.45) is 0 Å².